The van der Waals surface area contributed by atoms with Crippen LogP contribution in [0.5, 0.6) is 17.2 Å². The van der Waals surface area contributed by atoms with E-state index < -0.39 is 0 Å². The van der Waals surface area contributed by atoms with Crippen molar-refractivity contribution < 1.29 is 18.9 Å². The number of pyridine rings is 1. The molecular weight excluding hydrogens is 488 g/mol. The Hall–Kier alpha value is -3.96. The van der Waals surface area contributed by atoms with Crippen molar-refractivity contribution in [3.63, 3.8) is 0 Å². The van der Waals surface area contributed by atoms with Crippen molar-refractivity contribution >= 4 is 10.9 Å². The lowest BCUT2D eigenvalue weighted by molar-refractivity contribution is 0.0663. The summed E-state index contributed by atoms with van der Waals surface area (Å²) in [6.07, 6.45) is 2.14. The fourth-order valence-electron chi connectivity index (χ4n) is 4.97. The number of hydrogen-bond acceptors (Lipinski definition) is 9. The molecule has 0 bridgehead atoms. The largest absolute Gasteiger partial charge is 0.497 e. The van der Waals surface area contributed by atoms with Crippen LogP contribution in [0.3, 0.4) is 0 Å². The predicted octanol–water partition coefficient (Wildman–Crippen LogP) is 2.52. The summed E-state index contributed by atoms with van der Waals surface area (Å²) < 4.78 is 24.4. The molecule has 2 aromatic heterocycles. The minimum atomic E-state index is -0.135. The molecule has 0 saturated carbocycles. The molecule has 6 rings (SSSR count). The lowest BCUT2D eigenvalue weighted by Gasteiger charge is -2.25. The van der Waals surface area contributed by atoms with Gasteiger partial charge in [-0.2, -0.15) is 0 Å². The third-order valence-corrected chi connectivity index (χ3v) is 6.93. The lowest BCUT2D eigenvalue weighted by Crippen LogP contribution is -2.34. The molecule has 1 saturated heterocycles. The van der Waals surface area contributed by atoms with Crippen molar-refractivity contribution in [2.24, 2.45) is 0 Å². The van der Waals surface area contributed by atoms with Crippen LogP contribution in [-0.4, -0.2) is 69.7 Å². The molecule has 0 aliphatic carbocycles. The fraction of sp³-hybridized carbons (Fsp3) is 0.407. The van der Waals surface area contributed by atoms with Crippen molar-refractivity contribution in [2.75, 3.05) is 33.5 Å². The van der Waals surface area contributed by atoms with E-state index in [-0.39, 0.29) is 11.7 Å². The fourth-order valence-corrected chi connectivity index (χ4v) is 4.97. The molecule has 0 spiro atoms. The molecule has 1 unspecified atom stereocenters. The van der Waals surface area contributed by atoms with Crippen LogP contribution >= 0.6 is 0 Å². The Morgan fingerprint density at radius 1 is 1.08 bits per heavy atom. The molecule has 0 amide bonds. The molecule has 2 aliphatic rings. The van der Waals surface area contributed by atoms with Gasteiger partial charge in [-0.05, 0) is 53.1 Å². The molecule has 11 nitrogen and oxygen atoms in total. The van der Waals surface area contributed by atoms with Crippen molar-refractivity contribution in [1.82, 2.24) is 30.1 Å². The highest BCUT2D eigenvalue weighted by Crippen LogP contribution is 2.33. The number of methoxy groups -OCH3 is 1. The van der Waals surface area contributed by atoms with Crippen LogP contribution in [0.1, 0.15) is 29.8 Å². The van der Waals surface area contributed by atoms with Crippen molar-refractivity contribution in [1.29, 1.82) is 0 Å². The predicted molar refractivity (Wildman–Crippen MR) is 139 cm³/mol. The number of nitrogens with zero attached hydrogens (tertiary/aromatic N) is 5. The van der Waals surface area contributed by atoms with Gasteiger partial charge in [0.2, 0.25) is 0 Å². The van der Waals surface area contributed by atoms with E-state index in [9.17, 15) is 4.79 Å². The number of benzene rings is 2. The number of rotatable bonds is 9. The summed E-state index contributed by atoms with van der Waals surface area (Å²) in [7, 11) is 1.65. The van der Waals surface area contributed by atoms with Crippen LogP contribution in [0.15, 0.2) is 47.3 Å². The van der Waals surface area contributed by atoms with Gasteiger partial charge in [0, 0.05) is 36.7 Å². The Labute approximate surface area is 219 Å². The van der Waals surface area contributed by atoms with E-state index in [4.69, 9.17) is 18.9 Å². The molecule has 0 radical (unpaired) electrons. The van der Waals surface area contributed by atoms with Crippen molar-refractivity contribution in [3.05, 3.63) is 69.8 Å². The van der Waals surface area contributed by atoms with E-state index in [0.717, 1.165) is 47.5 Å². The van der Waals surface area contributed by atoms with Gasteiger partial charge in [0.15, 0.2) is 17.3 Å². The van der Waals surface area contributed by atoms with Crippen LogP contribution in [-0.2, 0) is 24.4 Å². The highest BCUT2D eigenvalue weighted by Gasteiger charge is 2.23. The maximum absolute atomic E-state index is 13.1. The number of nitrogens with one attached hydrogen (secondary N) is 1. The number of aromatic amines is 1. The minimum Gasteiger partial charge on any atom is -0.497 e. The SMILES string of the molecule is COc1ccc(Cn2nnnc2CN(Cc2cc3cc4c(cc3[nH]c2=O)OCCO4)CC2CCCO2)cc1. The third-order valence-electron chi connectivity index (χ3n) is 6.93. The van der Waals surface area contributed by atoms with Crippen molar-refractivity contribution in [3.8, 4) is 17.2 Å². The summed E-state index contributed by atoms with van der Waals surface area (Å²) in [6, 6.07) is 13.5. The van der Waals surface area contributed by atoms with Crippen LogP contribution in [0.4, 0.5) is 0 Å². The Kier molecular flexibility index (Phi) is 6.93. The van der Waals surface area contributed by atoms with Crippen LogP contribution in [0.25, 0.3) is 10.9 Å². The normalized spacial score (nSPS) is 16.8. The second-order valence-electron chi connectivity index (χ2n) is 9.61. The van der Waals surface area contributed by atoms with Crippen molar-refractivity contribution in [2.45, 2.75) is 38.6 Å². The number of tetrazole rings is 1. The molecule has 1 fully saturated rings. The van der Waals surface area contributed by atoms with Gasteiger partial charge in [0.25, 0.3) is 5.56 Å². The molecule has 1 atom stereocenters. The van der Waals surface area contributed by atoms with Gasteiger partial charge in [-0.3, -0.25) is 9.69 Å². The summed E-state index contributed by atoms with van der Waals surface area (Å²) in [4.78, 5) is 18.3. The van der Waals surface area contributed by atoms with Gasteiger partial charge in [-0.15, -0.1) is 5.10 Å². The third kappa shape index (κ3) is 5.34. The maximum atomic E-state index is 13.1. The van der Waals surface area contributed by atoms with E-state index in [1.807, 2.05) is 42.5 Å². The second kappa shape index (κ2) is 10.8. The van der Waals surface area contributed by atoms with Crippen LogP contribution in [0.2, 0.25) is 0 Å². The van der Waals surface area contributed by atoms with Gasteiger partial charge in [-0.1, -0.05) is 12.1 Å². The Balaban J connectivity index is 1.25. The Morgan fingerprint density at radius 2 is 1.89 bits per heavy atom. The molecule has 1 N–H and O–H groups in total. The van der Waals surface area contributed by atoms with Crippen LogP contribution in [0, 0.1) is 0 Å². The number of fused-ring (bicyclic) bond motifs is 2. The zero-order chi connectivity index (χ0) is 25.9. The van der Waals surface area contributed by atoms with E-state index in [1.54, 1.807) is 11.8 Å². The van der Waals surface area contributed by atoms with E-state index in [0.29, 0.717) is 56.5 Å². The summed E-state index contributed by atoms with van der Waals surface area (Å²) in [5.74, 6) is 2.86. The zero-order valence-electron chi connectivity index (χ0n) is 21.3. The number of aromatic nitrogens is 5. The smallest absolute Gasteiger partial charge is 0.252 e. The highest BCUT2D eigenvalue weighted by atomic mass is 16.6. The lowest BCUT2D eigenvalue weighted by atomic mass is 10.1. The van der Waals surface area contributed by atoms with Crippen LogP contribution < -0.4 is 19.8 Å². The summed E-state index contributed by atoms with van der Waals surface area (Å²) in [5.41, 5.74) is 2.30. The first-order valence-electron chi connectivity index (χ1n) is 12.8. The molecule has 11 heteroatoms. The summed E-state index contributed by atoms with van der Waals surface area (Å²) >= 11 is 0. The number of H-pyrrole nitrogens is 1. The second-order valence-corrected chi connectivity index (χ2v) is 9.61. The molecular formula is C27H30N6O5. The molecule has 198 valence electrons. The average Bonchev–Trinajstić information content (AvgIpc) is 3.61. The zero-order valence-corrected chi connectivity index (χ0v) is 21.3. The van der Waals surface area contributed by atoms with Gasteiger partial charge in [0.05, 0.1) is 31.8 Å². The Morgan fingerprint density at radius 3 is 2.66 bits per heavy atom. The first-order chi connectivity index (χ1) is 18.6. The minimum absolute atomic E-state index is 0.109. The highest BCUT2D eigenvalue weighted by molar-refractivity contribution is 5.83. The Bertz CT molecular complexity index is 1460. The van der Waals surface area contributed by atoms with E-state index >= 15 is 0 Å². The molecule has 4 heterocycles. The maximum Gasteiger partial charge on any atom is 0.252 e. The standard InChI is InChI=1S/C27H30N6O5/c1-35-21-6-4-18(5-7-21)14-33-26(29-30-31-33)17-32(16-22-3-2-8-36-22)15-20-11-19-12-24-25(38-10-9-37-24)13-23(19)28-27(20)34/h4-7,11-13,22H,2-3,8-10,14-17H2,1H3,(H,28,34). The van der Waals surface area contributed by atoms with Gasteiger partial charge < -0.3 is 23.9 Å². The molecule has 4 aromatic rings. The number of hydrogen-bond donors (Lipinski definition) is 1. The van der Waals surface area contributed by atoms with Gasteiger partial charge in [0.1, 0.15) is 19.0 Å². The first-order valence-corrected chi connectivity index (χ1v) is 12.8. The van der Waals surface area contributed by atoms with Gasteiger partial charge in [-0.25, -0.2) is 4.68 Å². The van der Waals surface area contributed by atoms with E-state index in [1.165, 1.54) is 0 Å². The average molecular weight is 519 g/mol. The topological polar surface area (TPSA) is 117 Å². The van der Waals surface area contributed by atoms with Gasteiger partial charge >= 0.3 is 0 Å². The monoisotopic (exact) mass is 518 g/mol. The quantitative estimate of drug-likeness (QED) is 0.357. The number of ether oxygens (including phenoxy) is 4. The summed E-state index contributed by atoms with van der Waals surface area (Å²) in [6.45, 7) is 3.87. The molecule has 2 aliphatic heterocycles. The summed E-state index contributed by atoms with van der Waals surface area (Å²) in [5, 5.41) is 13.3. The first kappa shape index (κ1) is 24.4. The van der Waals surface area contributed by atoms with E-state index in [2.05, 4.69) is 25.4 Å². The molecule has 2 aromatic carbocycles. The molecule has 38 heavy (non-hydrogen) atoms.